The third kappa shape index (κ3) is 3.13. The molecule has 0 atom stereocenters. The molecule has 0 spiro atoms. The van der Waals surface area contributed by atoms with Gasteiger partial charge in [0.2, 0.25) is 0 Å². The van der Waals surface area contributed by atoms with Gasteiger partial charge in [-0.3, -0.25) is 0 Å². The highest BCUT2D eigenvalue weighted by atomic mass is 32.2. The van der Waals surface area contributed by atoms with Gasteiger partial charge in [-0.2, -0.15) is 0 Å². The van der Waals surface area contributed by atoms with Crippen LogP contribution in [0, 0.1) is 0 Å². The zero-order valence-corrected chi connectivity index (χ0v) is 10.4. The fourth-order valence-corrected chi connectivity index (χ4v) is 3.53. The van der Waals surface area contributed by atoms with E-state index in [4.69, 9.17) is 0 Å². The summed E-state index contributed by atoms with van der Waals surface area (Å²) in [5.74, 6) is 1.18. The van der Waals surface area contributed by atoms with Crippen molar-refractivity contribution in [2.75, 3.05) is 25.1 Å². The van der Waals surface area contributed by atoms with E-state index in [0.29, 0.717) is 0 Å². The van der Waals surface area contributed by atoms with E-state index in [1.54, 1.807) is 0 Å². The van der Waals surface area contributed by atoms with Gasteiger partial charge in [-0.1, -0.05) is 6.92 Å². The zero-order chi connectivity index (χ0) is 9.68. The first-order valence-electron chi connectivity index (χ1n) is 4.92. The SMILES string of the molecule is CCS/C(C)=C(/SC)N1CCCC1. The van der Waals surface area contributed by atoms with Crippen LogP contribution in [-0.2, 0) is 0 Å². The smallest absolute Gasteiger partial charge is 0.0798 e. The molecule has 1 rings (SSSR count). The zero-order valence-electron chi connectivity index (χ0n) is 8.80. The van der Waals surface area contributed by atoms with Crippen LogP contribution in [-0.4, -0.2) is 30.0 Å². The predicted molar refractivity (Wildman–Crippen MR) is 65.2 cm³/mol. The maximum Gasteiger partial charge on any atom is 0.0798 e. The van der Waals surface area contributed by atoms with Gasteiger partial charge >= 0.3 is 0 Å². The molecule has 0 amide bonds. The lowest BCUT2D eigenvalue weighted by atomic mass is 10.4. The number of thioether (sulfide) groups is 2. The van der Waals surface area contributed by atoms with Gasteiger partial charge in [-0.05, 0) is 31.8 Å². The van der Waals surface area contributed by atoms with E-state index in [2.05, 4.69) is 25.0 Å². The first kappa shape index (κ1) is 11.3. The van der Waals surface area contributed by atoms with Gasteiger partial charge in [0.15, 0.2) is 0 Å². The van der Waals surface area contributed by atoms with Crippen molar-refractivity contribution in [3.8, 4) is 0 Å². The van der Waals surface area contributed by atoms with Crippen LogP contribution in [0.2, 0.25) is 0 Å². The number of allylic oxidation sites excluding steroid dienone is 1. The summed E-state index contributed by atoms with van der Waals surface area (Å²) in [5, 5.41) is 1.50. The molecule has 1 aliphatic rings. The first-order valence-corrected chi connectivity index (χ1v) is 7.13. The molecule has 0 saturated carbocycles. The normalized spacial score (nSPS) is 19.2. The van der Waals surface area contributed by atoms with Crippen molar-refractivity contribution in [2.24, 2.45) is 0 Å². The Morgan fingerprint density at radius 1 is 1.31 bits per heavy atom. The fourth-order valence-electron chi connectivity index (χ4n) is 1.69. The van der Waals surface area contributed by atoms with Gasteiger partial charge < -0.3 is 4.90 Å². The Bertz CT molecular complexity index is 183. The first-order chi connectivity index (χ1) is 6.29. The molecule has 1 nitrogen and oxygen atoms in total. The van der Waals surface area contributed by atoms with Crippen LogP contribution in [0.4, 0.5) is 0 Å². The molecule has 0 aromatic rings. The Balaban J connectivity index is 2.63. The van der Waals surface area contributed by atoms with E-state index in [1.165, 1.54) is 41.6 Å². The molecule has 3 heteroatoms. The highest BCUT2D eigenvalue weighted by molar-refractivity contribution is 8.06. The van der Waals surface area contributed by atoms with E-state index in [9.17, 15) is 0 Å². The fraction of sp³-hybridized carbons (Fsp3) is 0.800. The monoisotopic (exact) mass is 217 g/mol. The van der Waals surface area contributed by atoms with E-state index < -0.39 is 0 Å². The highest BCUT2D eigenvalue weighted by Crippen LogP contribution is 2.30. The maximum atomic E-state index is 2.53. The minimum atomic E-state index is 1.18. The van der Waals surface area contributed by atoms with Gasteiger partial charge in [0.1, 0.15) is 0 Å². The quantitative estimate of drug-likeness (QED) is 0.710. The van der Waals surface area contributed by atoms with Crippen LogP contribution < -0.4 is 0 Å². The summed E-state index contributed by atoms with van der Waals surface area (Å²) in [7, 11) is 0. The maximum absolute atomic E-state index is 2.53. The largest absolute Gasteiger partial charge is 0.366 e. The molecule has 13 heavy (non-hydrogen) atoms. The van der Waals surface area contributed by atoms with Gasteiger partial charge in [-0.15, -0.1) is 23.5 Å². The molecule has 0 bridgehead atoms. The predicted octanol–water partition coefficient (Wildman–Crippen LogP) is 3.39. The Labute approximate surface area is 90.3 Å². The molecule has 0 radical (unpaired) electrons. The third-order valence-electron chi connectivity index (χ3n) is 2.25. The Hall–Kier alpha value is 0.240. The number of nitrogens with zero attached hydrogens (tertiary/aromatic N) is 1. The number of hydrogen-bond acceptors (Lipinski definition) is 3. The molecule has 1 aliphatic heterocycles. The summed E-state index contributed by atoms with van der Waals surface area (Å²) >= 11 is 3.87. The van der Waals surface area contributed by atoms with Crippen LogP contribution in [0.3, 0.4) is 0 Å². The van der Waals surface area contributed by atoms with Gasteiger partial charge in [0, 0.05) is 18.0 Å². The van der Waals surface area contributed by atoms with Gasteiger partial charge in [0.25, 0.3) is 0 Å². The highest BCUT2D eigenvalue weighted by Gasteiger charge is 2.15. The van der Waals surface area contributed by atoms with Gasteiger partial charge in [0.05, 0.1) is 5.03 Å². The summed E-state index contributed by atoms with van der Waals surface area (Å²) in [5.41, 5.74) is 0. The molecule has 0 unspecified atom stereocenters. The molecule has 0 aromatic heterocycles. The van der Waals surface area contributed by atoms with Crippen LogP contribution in [0.1, 0.15) is 26.7 Å². The average Bonchev–Trinajstić information content (AvgIpc) is 2.59. The van der Waals surface area contributed by atoms with Crippen molar-refractivity contribution in [3.63, 3.8) is 0 Å². The summed E-state index contributed by atoms with van der Waals surface area (Å²) < 4.78 is 0. The van der Waals surface area contributed by atoms with Crippen molar-refractivity contribution < 1.29 is 0 Å². The van der Waals surface area contributed by atoms with Crippen molar-refractivity contribution in [2.45, 2.75) is 26.7 Å². The van der Waals surface area contributed by atoms with E-state index in [1.807, 2.05) is 23.5 Å². The molecule has 76 valence electrons. The molecule has 0 aromatic carbocycles. The van der Waals surface area contributed by atoms with E-state index in [0.717, 1.165) is 0 Å². The second-order valence-electron chi connectivity index (χ2n) is 3.19. The molecule has 0 aliphatic carbocycles. The van der Waals surface area contributed by atoms with Crippen LogP contribution in [0.5, 0.6) is 0 Å². The van der Waals surface area contributed by atoms with Crippen LogP contribution in [0.15, 0.2) is 9.93 Å². The minimum Gasteiger partial charge on any atom is -0.366 e. The number of rotatable bonds is 4. The Morgan fingerprint density at radius 2 is 1.92 bits per heavy atom. The van der Waals surface area contributed by atoms with Crippen molar-refractivity contribution >= 4 is 23.5 Å². The van der Waals surface area contributed by atoms with Crippen molar-refractivity contribution in [1.29, 1.82) is 0 Å². The molecule has 1 heterocycles. The lowest BCUT2D eigenvalue weighted by Crippen LogP contribution is -2.17. The molecular formula is C10H19NS2. The van der Waals surface area contributed by atoms with E-state index in [-0.39, 0.29) is 0 Å². The van der Waals surface area contributed by atoms with Crippen LogP contribution >= 0.6 is 23.5 Å². The molecule has 0 N–H and O–H groups in total. The molecular weight excluding hydrogens is 198 g/mol. The number of hydrogen-bond donors (Lipinski definition) is 0. The average molecular weight is 217 g/mol. The molecule has 1 fully saturated rings. The summed E-state index contributed by atoms with van der Waals surface area (Å²) in [6.07, 6.45) is 4.93. The number of likely N-dealkylation sites (tertiary alicyclic amines) is 1. The Morgan fingerprint density at radius 3 is 2.38 bits per heavy atom. The van der Waals surface area contributed by atoms with Gasteiger partial charge in [-0.25, -0.2) is 0 Å². The second-order valence-corrected chi connectivity index (χ2v) is 5.47. The lowest BCUT2D eigenvalue weighted by molar-refractivity contribution is 0.455. The van der Waals surface area contributed by atoms with E-state index >= 15 is 0 Å². The topological polar surface area (TPSA) is 3.24 Å². The Kier molecular flexibility index (Phi) is 5.10. The second kappa shape index (κ2) is 5.86. The summed E-state index contributed by atoms with van der Waals surface area (Å²) in [4.78, 5) is 4.03. The lowest BCUT2D eigenvalue weighted by Gasteiger charge is -2.21. The summed E-state index contributed by atoms with van der Waals surface area (Å²) in [6.45, 7) is 6.99. The van der Waals surface area contributed by atoms with Crippen molar-refractivity contribution in [3.05, 3.63) is 9.93 Å². The minimum absolute atomic E-state index is 1.18. The van der Waals surface area contributed by atoms with Crippen molar-refractivity contribution in [1.82, 2.24) is 4.90 Å². The standard InChI is InChI=1S/C10H19NS2/c1-4-13-9(2)10(12-3)11-7-5-6-8-11/h4-8H2,1-3H3/b10-9+. The van der Waals surface area contributed by atoms with Crippen LogP contribution in [0.25, 0.3) is 0 Å². The summed E-state index contributed by atoms with van der Waals surface area (Å²) in [6, 6.07) is 0. The third-order valence-corrected chi connectivity index (χ3v) is 4.24. The molecule has 1 saturated heterocycles.